The topological polar surface area (TPSA) is 46.2 Å². The molecule has 0 bridgehead atoms. The highest BCUT2D eigenvalue weighted by Crippen LogP contribution is 2.26. The lowest BCUT2D eigenvalue weighted by Crippen LogP contribution is -2.15. The van der Waals surface area contributed by atoms with Gasteiger partial charge in [-0.3, -0.25) is 4.72 Å². The molecule has 0 unspecified atom stereocenters. The Hall–Kier alpha value is -1.59. The van der Waals surface area contributed by atoms with E-state index >= 15 is 0 Å². The zero-order valence-corrected chi connectivity index (χ0v) is 13.2. The fourth-order valence-electron chi connectivity index (χ4n) is 2.01. The molecule has 6 heteroatoms. The van der Waals surface area contributed by atoms with Gasteiger partial charge in [-0.2, -0.15) is 0 Å². The van der Waals surface area contributed by atoms with Gasteiger partial charge in [-0.05, 0) is 42.7 Å². The quantitative estimate of drug-likeness (QED) is 0.917. The van der Waals surface area contributed by atoms with E-state index in [4.69, 9.17) is 11.6 Å². The predicted octanol–water partition coefficient (Wildman–Crippen LogP) is 4.15. The van der Waals surface area contributed by atoms with E-state index in [1.807, 2.05) is 32.0 Å². The number of sulfonamides is 1. The first-order chi connectivity index (χ1) is 9.85. The van der Waals surface area contributed by atoms with Crippen LogP contribution in [-0.2, 0) is 16.4 Å². The van der Waals surface area contributed by atoms with Crippen LogP contribution in [0.15, 0.2) is 41.3 Å². The van der Waals surface area contributed by atoms with Gasteiger partial charge in [0.1, 0.15) is 5.82 Å². The molecule has 0 atom stereocenters. The Labute approximate surface area is 128 Å². The van der Waals surface area contributed by atoms with E-state index in [-0.39, 0.29) is 9.92 Å². The van der Waals surface area contributed by atoms with E-state index in [9.17, 15) is 12.8 Å². The van der Waals surface area contributed by atoms with Crippen LogP contribution in [0.1, 0.15) is 18.1 Å². The zero-order valence-electron chi connectivity index (χ0n) is 11.7. The first-order valence-corrected chi connectivity index (χ1v) is 8.27. The van der Waals surface area contributed by atoms with Crippen molar-refractivity contribution in [3.05, 3.63) is 58.4 Å². The van der Waals surface area contributed by atoms with Gasteiger partial charge in [0.25, 0.3) is 10.0 Å². The predicted molar refractivity (Wildman–Crippen MR) is 82.8 cm³/mol. The molecule has 0 amide bonds. The lowest BCUT2D eigenvalue weighted by molar-refractivity contribution is 0.599. The Balaban J connectivity index is 2.44. The molecule has 112 valence electrons. The third-order valence-electron chi connectivity index (χ3n) is 3.18. The molecule has 2 aromatic carbocycles. The normalized spacial score (nSPS) is 11.4. The van der Waals surface area contributed by atoms with Crippen molar-refractivity contribution in [1.82, 2.24) is 0 Å². The number of hydrogen-bond donors (Lipinski definition) is 1. The summed E-state index contributed by atoms with van der Waals surface area (Å²) in [6, 6.07) is 8.89. The second-order valence-corrected chi connectivity index (χ2v) is 6.73. The fourth-order valence-corrected chi connectivity index (χ4v) is 3.45. The van der Waals surface area contributed by atoms with E-state index in [1.165, 1.54) is 6.07 Å². The molecule has 2 rings (SSSR count). The molecule has 2 aromatic rings. The molecular weight excluding hydrogens is 313 g/mol. The van der Waals surface area contributed by atoms with Crippen molar-refractivity contribution in [1.29, 1.82) is 0 Å². The summed E-state index contributed by atoms with van der Waals surface area (Å²) in [5.74, 6) is -0.652. The molecule has 3 nitrogen and oxygen atoms in total. The van der Waals surface area contributed by atoms with Crippen molar-refractivity contribution in [2.75, 3.05) is 4.72 Å². The van der Waals surface area contributed by atoms with Crippen molar-refractivity contribution in [2.45, 2.75) is 25.2 Å². The van der Waals surface area contributed by atoms with Crippen molar-refractivity contribution in [2.24, 2.45) is 0 Å². The molecule has 0 aliphatic carbocycles. The highest BCUT2D eigenvalue weighted by molar-refractivity contribution is 7.92. The molecule has 0 aliphatic rings. The van der Waals surface area contributed by atoms with Crippen LogP contribution in [0.25, 0.3) is 0 Å². The maximum Gasteiger partial charge on any atom is 0.261 e. The number of aryl methyl sites for hydroxylation is 2. The number of hydrogen-bond acceptors (Lipinski definition) is 2. The van der Waals surface area contributed by atoms with Crippen LogP contribution < -0.4 is 4.72 Å². The van der Waals surface area contributed by atoms with Crippen LogP contribution in [0, 0.1) is 12.7 Å². The Kier molecular flexibility index (Phi) is 4.54. The standard InChI is InChI=1S/C15H15ClFNO2S/c1-3-11-6-4-5-10(2)15(11)18-21(19,20)12-7-8-14(17)13(16)9-12/h4-9,18H,3H2,1-2H3. The lowest BCUT2D eigenvalue weighted by Gasteiger charge is -2.14. The summed E-state index contributed by atoms with van der Waals surface area (Å²) in [5, 5.41) is -0.224. The monoisotopic (exact) mass is 327 g/mol. The molecule has 0 radical (unpaired) electrons. The first kappa shape index (κ1) is 15.8. The number of nitrogens with one attached hydrogen (secondary N) is 1. The van der Waals surface area contributed by atoms with Crippen LogP contribution in [0.4, 0.5) is 10.1 Å². The summed E-state index contributed by atoms with van der Waals surface area (Å²) in [7, 11) is -3.81. The van der Waals surface area contributed by atoms with E-state index in [0.717, 1.165) is 23.3 Å². The van der Waals surface area contributed by atoms with Gasteiger partial charge in [0.05, 0.1) is 15.6 Å². The van der Waals surface area contributed by atoms with Gasteiger partial charge < -0.3 is 0 Å². The van der Waals surface area contributed by atoms with Gasteiger partial charge in [-0.15, -0.1) is 0 Å². The average molecular weight is 328 g/mol. The SMILES string of the molecule is CCc1cccc(C)c1NS(=O)(=O)c1ccc(F)c(Cl)c1. The molecular formula is C15H15ClFNO2S. The second-order valence-electron chi connectivity index (χ2n) is 4.64. The molecule has 0 aromatic heterocycles. The fraction of sp³-hybridized carbons (Fsp3) is 0.200. The Morgan fingerprint density at radius 1 is 1.24 bits per heavy atom. The molecule has 1 N–H and O–H groups in total. The van der Waals surface area contributed by atoms with E-state index in [1.54, 1.807) is 0 Å². The van der Waals surface area contributed by atoms with Crippen molar-refractivity contribution >= 4 is 27.3 Å². The van der Waals surface area contributed by atoms with Crippen LogP contribution in [0.5, 0.6) is 0 Å². The van der Waals surface area contributed by atoms with Gasteiger partial charge >= 0.3 is 0 Å². The molecule has 0 saturated carbocycles. The molecule has 0 heterocycles. The highest BCUT2D eigenvalue weighted by Gasteiger charge is 2.18. The Morgan fingerprint density at radius 3 is 2.57 bits per heavy atom. The molecule has 0 aliphatic heterocycles. The van der Waals surface area contributed by atoms with E-state index in [0.29, 0.717) is 12.1 Å². The smallest absolute Gasteiger partial charge is 0.261 e. The van der Waals surface area contributed by atoms with Gasteiger partial charge in [0, 0.05) is 0 Å². The van der Waals surface area contributed by atoms with Gasteiger partial charge in [0.2, 0.25) is 0 Å². The lowest BCUT2D eigenvalue weighted by atomic mass is 10.1. The maximum absolute atomic E-state index is 13.1. The van der Waals surface area contributed by atoms with E-state index in [2.05, 4.69) is 4.72 Å². The van der Waals surface area contributed by atoms with Gasteiger partial charge in [0.15, 0.2) is 0 Å². The molecule has 21 heavy (non-hydrogen) atoms. The minimum Gasteiger partial charge on any atom is -0.279 e. The van der Waals surface area contributed by atoms with Crippen LogP contribution >= 0.6 is 11.6 Å². The van der Waals surface area contributed by atoms with Crippen molar-refractivity contribution in [3.8, 4) is 0 Å². The van der Waals surface area contributed by atoms with Crippen LogP contribution in [0.3, 0.4) is 0 Å². The third-order valence-corrected chi connectivity index (χ3v) is 4.81. The molecule has 0 fully saturated rings. The van der Waals surface area contributed by atoms with Gasteiger partial charge in [-0.25, -0.2) is 12.8 Å². The van der Waals surface area contributed by atoms with Crippen molar-refractivity contribution < 1.29 is 12.8 Å². The van der Waals surface area contributed by atoms with Gasteiger partial charge in [-0.1, -0.05) is 36.7 Å². The highest BCUT2D eigenvalue weighted by atomic mass is 35.5. The summed E-state index contributed by atoms with van der Waals surface area (Å²) in [6.45, 7) is 3.77. The van der Waals surface area contributed by atoms with Crippen LogP contribution in [-0.4, -0.2) is 8.42 Å². The van der Waals surface area contributed by atoms with E-state index < -0.39 is 15.8 Å². The minimum absolute atomic E-state index is 0.0702. The number of benzene rings is 2. The largest absolute Gasteiger partial charge is 0.279 e. The third kappa shape index (κ3) is 3.36. The summed E-state index contributed by atoms with van der Waals surface area (Å²) in [4.78, 5) is -0.0702. The number of para-hydroxylation sites is 1. The number of rotatable bonds is 4. The molecule has 0 saturated heterocycles. The first-order valence-electron chi connectivity index (χ1n) is 6.41. The minimum atomic E-state index is -3.81. The summed E-state index contributed by atoms with van der Waals surface area (Å²) < 4.78 is 40.5. The van der Waals surface area contributed by atoms with Crippen LogP contribution in [0.2, 0.25) is 5.02 Å². The summed E-state index contributed by atoms with van der Waals surface area (Å²) in [5.41, 5.74) is 2.28. The second kappa shape index (κ2) is 6.03. The maximum atomic E-state index is 13.1. The average Bonchev–Trinajstić information content (AvgIpc) is 2.43. The summed E-state index contributed by atoms with van der Waals surface area (Å²) >= 11 is 5.65. The number of anilines is 1. The number of halogens is 2. The zero-order chi connectivity index (χ0) is 15.6. The summed E-state index contributed by atoms with van der Waals surface area (Å²) in [6.07, 6.45) is 0.698. The Morgan fingerprint density at radius 2 is 1.95 bits per heavy atom. The van der Waals surface area contributed by atoms with Crippen molar-refractivity contribution in [3.63, 3.8) is 0 Å². The Bertz CT molecular complexity index is 775. The molecule has 0 spiro atoms.